The van der Waals surface area contributed by atoms with Crippen molar-refractivity contribution in [2.45, 2.75) is 20.3 Å². The average molecular weight is 162 g/mol. The number of hydrogen-bond acceptors (Lipinski definition) is 3. The van der Waals surface area contributed by atoms with Crippen LogP contribution >= 0.6 is 0 Å². The molecule has 0 saturated carbocycles. The van der Waals surface area contributed by atoms with E-state index in [1.807, 2.05) is 0 Å². The highest BCUT2D eigenvalue weighted by atomic mass is 19.3. The summed E-state index contributed by atoms with van der Waals surface area (Å²) in [6.07, 6.45) is -2.89. The van der Waals surface area contributed by atoms with E-state index in [1.165, 1.54) is 13.8 Å². The topological polar surface area (TPSA) is 56.4 Å². The second-order valence-corrected chi connectivity index (χ2v) is 2.52. The van der Waals surface area contributed by atoms with Crippen molar-refractivity contribution in [3.63, 3.8) is 0 Å². The van der Waals surface area contributed by atoms with Gasteiger partial charge in [0.1, 0.15) is 5.71 Å². The molecule has 62 valence electrons. The molecule has 0 heterocycles. The summed E-state index contributed by atoms with van der Waals surface area (Å²) >= 11 is 0. The van der Waals surface area contributed by atoms with Crippen LogP contribution in [0.25, 0.3) is 0 Å². The molecular formula is C6H8F2N2O. The average Bonchev–Trinajstić information content (AvgIpc) is 1.88. The fourth-order valence-corrected chi connectivity index (χ4v) is 0.499. The molecule has 11 heavy (non-hydrogen) atoms. The van der Waals surface area contributed by atoms with E-state index in [9.17, 15) is 8.78 Å². The quantitative estimate of drug-likeness (QED) is 0.381. The third-order valence-electron chi connectivity index (χ3n) is 1.23. The predicted molar refractivity (Wildman–Crippen MR) is 34.6 cm³/mol. The van der Waals surface area contributed by atoms with Gasteiger partial charge in [-0.3, -0.25) is 0 Å². The molecular weight excluding hydrogens is 154 g/mol. The molecule has 0 amide bonds. The van der Waals surface area contributed by atoms with E-state index < -0.39 is 17.6 Å². The molecule has 0 aromatic heterocycles. The van der Waals surface area contributed by atoms with Gasteiger partial charge in [-0.2, -0.15) is 5.26 Å². The van der Waals surface area contributed by atoms with Crippen molar-refractivity contribution in [2.24, 2.45) is 10.6 Å². The van der Waals surface area contributed by atoms with Crippen LogP contribution < -0.4 is 0 Å². The first-order valence-electron chi connectivity index (χ1n) is 2.87. The number of oxime groups is 1. The van der Waals surface area contributed by atoms with Crippen LogP contribution in [0.4, 0.5) is 8.78 Å². The van der Waals surface area contributed by atoms with Gasteiger partial charge in [0.2, 0.25) is 0 Å². The predicted octanol–water partition coefficient (Wildman–Crippen LogP) is 1.63. The lowest BCUT2D eigenvalue weighted by Gasteiger charge is -2.15. The van der Waals surface area contributed by atoms with E-state index in [0.717, 1.165) is 0 Å². The molecule has 0 rings (SSSR count). The Bertz CT molecular complexity index is 205. The summed E-state index contributed by atoms with van der Waals surface area (Å²) in [4.78, 5) is 0. The van der Waals surface area contributed by atoms with Crippen molar-refractivity contribution in [1.29, 1.82) is 5.26 Å². The summed E-state index contributed by atoms with van der Waals surface area (Å²) in [5.74, 6) is 0. The molecule has 0 aliphatic rings. The maximum Gasteiger partial charge on any atom is 0.281 e. The first-order valence-corrected chi connectivity index (χ1v) is 2.87. The molecule has 1 N–H and O–H groups in total. The van der Waals surface area contributed by atoms with Crippen molar-refractivity contribution in [3.8, 4) is 6.07 Å². The van der Waals surface area contributed by atoms with Crippen molar-refractivity contribution in [1.82, 2.24) is 0 Å². The Hall–Kier alpha value is -1.18. The molecule has 0 aromatic rings. The Labute approximate surface area is 62.9 Å². The van der Waals surface area contributed by atoms with Gasteiger partial charge in [0.05, 0.1) is 11.5 Å². The molecule has 0 saturated heterocycles. The van der Waals surface area contributed by atoms with Crippen LogP contribution in [-0.2, 0) is 0 Å². The summed E-state index contributed by atoms with van der Waals surface area (Å²) in [6.45, 7) is 2.52. The Kier molecular flexibility index (Phi) is 2.93. The van der Waals surface area contributed by atoms with Crippen LogP contribution in [0.1, 0.15) is 13.8 Å². The van der Waals surface area contributed by atoms with Crippen LogP contribution in [-0.4, -0.2) is 17.3 Å². The third-order valence-corrected chi connectivity index (χ3v) is 1.23. The Balaban J connectivity index is 4.70. The molecule has 0 fully saturated rings. The Morgan fingerprint density at radius 1 is 1.64 bits per heavy atom. The third kappa shape index (κ3) is 2.15. The minimum Gasteiger partial charge on any atom is -0.411 e. The number of nitrogens with zero attached hydrogens (tertiary/aromatic N) is 2. The molecule has 0 unspecified atom stereocenters. The van der Waals surface area contributed by atoms with E-state index in [1.54, 1.807) is 6.07 Å². The normalized spacial score (nSPS) is 13.3. The van der Waals surface area contributed by atoms with E-state index in [-0.39, 0.29) is 0 Å². The molecule has 5 heteroatoms. The molecule has 0 aromatic carbocycles. The summed E-state index contributed by atoms with van der Waals surface area (Å²) < 4.78 is 23.9. The summed E-state index contributed by atoms with van der Waals surface area (Å²) in [7, 11) is 0. The van der Waals surface area contributed by atoms with E-state index in [4.69, 9.17) is 10.5 Å². The molecule has 0 spiro atoms. The first-order chi connectivity index (χ1) is 4.95. The largest absolute Gasteiger partial charge is 0.411 e. The molecule has 0 atom stereocenters. The van der Waals surface area contributed by atoms with Crippen LogP contribution in [0, 0.1) is 16.7 Å². The number of nitriles is 1. The van der Waals surface area contributed by atoms with E-state index in [0.29, 0.717) is 0 Å². The van der Waals surface area contributed by atoms with Gasteiger partial charge in [0.15, 0.2) is 0 Å². The Morgan fingerprint density at radius 3 is 2.18 bits per heavy atom. The number of hydrogen-bond donors (Lipinski definition) is 1. The smallest absolute Gasteiger partial charge is 0.281 e. The van der Waals surface area contributed by atoms with Gasteiger partial charge in [0, 0.05) is 0 Å². The molecule has 0 bridgehead atoms. The fourth-order valence-electron chi connectivity index (χ4n) is 0.499. The van der Waals surface area contributed by atoms with E-state index >= 15 is 0 Å². The van der Waals surface area contributed by atoms with Gasteiger partial charge < -0.3 is 5.21 Å². The maximum atomic E-state index is 11.9. The molecule has 0 aliphatic carbocycles. The zero-order chi connectivity index (χ0) is 9.07. The zero-order valence-corrected chi connectivity index (χ0v) is 6.17. The SMILES string of the molecule is CC(C)(C#N)C(=NO)C(F)F. The maximum absolute atomic E-state index is 11.9. The fraction of sp³-hybridized carbons (Fsp3) is 0.667. The van der Waals surface area contributed by atoms with Gasteiger partial charge in [-0.05, 0) is 13.8 Å². The minimum absolute atomic E-state index is 0.806. The number of halogens is 2. The van der Waals surface area contributed by atoms with Crippen molar-refractivity contribution in [2.75, 3.05) is 0 Å². The summed E-state index contributed by atoms with van der Waals surface area (Å²) in [6, 6.07) is 1.60. The lowest BCUT2D eigenvalue weighted by Crippen LogP contribution is -2.28. The van der Waals surface area contributed by atoms with Crippen LogP contribution in [0.2, 0.25) is 0 Å². The van der Waals surface area contributed by atoms with Crippen LogP contribution in [0.15, 0.2) is 5.16 Å². The highest BCUT2D eigenvalue weighted by molar-refractivity contribution is 5.93. The number of alkyl halides is 2. The van der Waals surface area contributed by atoms with Crippen LogP contribution in [0.5, 0.6) is 0 Å². The monoisotopic (exact) mass is 162 g/mol. The molecule has 0 radical (unpaired) electrons. The lowest BCUT2D eigenvalue weighted by atomic mass is 9.89. The van der Waals surface area contributed by atoms with Gasteiger partial charge in [-0.1, -0.05) is 5.16 Å². The zero-order valence-electron chi connectivity index (χ0n) is 6.17. The van der Waals surface area contributed by atoms with Crippen molar-refractivity contribution in [3.05, 3.63) is 0 Å². The second kappa shape index (κ2) is 3.28. The van der Waals surface area contributed by atoms with E-state index in [2.05, 4.69) is 5.16 Å². The van der Waals surface area contributed by atoms with Gasteiger partial charge >= 0.3 is 0 Å². The highest BCUT2D eigenvalue weighted by Crippen LogP contribution is 2.20. The minimum atomic E-state index is -2.89. The van der Waals surface area contributed by atoms with Gasteiger partial charge in [-0.15, -0.1) is 0 Å². The molecule has 0 aliphatic heterocycles. The van der Waals surface area contributed by atoms with Gasteiger partial charge in [-0.25, -0.2) is 8.78 Å². The molecule has 3 nitrogen and oxygen atoms in total. The standard InChI is InChI=1S/C6H8F2N2O/c1-6(2,3-9)4(10-11)5(7)8/h5,11H,1-2H3. The number of rotatable bonds is 2. The summed E-state index contributed by atoms with van der Waals surface area (Å²) in [5, 5.41) is 18.9. The van der Waals surface area contributed by atoms with Gasteiger partial charge in [0.25, 0.3) is 6.43 Å². The highest BCUT2D eigenvalue weighted by Gasteiger charge is 2.32. The summed E-state index contributed by atoms with van der Waals surface area (Å²) in [5.41, 5.74) is -2.22. The van der Waals surface area contributed by atoms with Crippen LogP contribution in [0.3, 0.4) is 0 Å². The lowest BCUT2D eigenvalue weighted by molar-refractivity contribution is 0.202. The van der Waals surface area contributed by atoms with Crippen molar-refractivity contribution >= 4 is 5.71 Å². The second-order valence-electron chi connectivity index (χ2n) is 2.52. The van der Waals surface area contributed by atoms with Crippen molar-refractivity contribution < 1.29 is 14.0 Å². The Morgan fingerprint density at radius 2 is 2.09 bits per heavy atom. The first kappa shape index (κ1) is 9.82.